The maximum absolute atomic E-state index is 11.2. The van der Waals surface area contributed by atoms with Gasteiger partial charge in [0.25, 0.3) is 0 Å². The predicted molar refractivity (Wildman–Crippen MR) is 299 cm³/mol. The average Bonchev–Trinajstić information content (AvgIpc) is 0.825. The molecule has 40 nitrogen and oxygen atoms in total. The molecule has 0 heterocycles. The predicted octanol–water partition coefficient (Wildman–Crippen LogP) is -0.426. The van der Waals surface area contributed by atoms with Crippen LogP contribution in [0.4, 0.5) is 0 Å². The van der Waals surface area contributed by atoms with Gasteiger partial charge in [0, 0.05) is 24.3 Å². The van der Waals surface area contributed by atoms with Crippen molar-refractivity contribution in [2.45, 2.75) is 13.8 Å². The van der Waals surface area contributed by atoms with E-state index in [1.54, 1.807) is 0 Å². The van der Waals surface area contributed by atoms with E-state index in [9.17, 15) is 79.2 Å². The fourth-order valence-electron chi connectivity index (χ4n) is 6.47. The smallest absolute Gasteiger partial charge is 0.339 e. The third kappa shape index (κ3) is 21.4. The topological polar surface area (TPSA) is 807 Å². The number of phenolic OH excluding ortho intramolecular Hbond substituents is 12. The first-order valence-corrected chi connectivity index (χ1v) is 24.7. The molecule has 0 aromatic heterocycles. The highest BCUT2D eigenvalue weighted by molar-refractivity contribution is 5.97. The Morgan fingerprint density at radius 1 is 0.245 bits per heavy atom. The molecule has 24 N–H and O–H groups in total. The molecule has 0 spiro atoms. The van der Waals surface area contributed by atoms with Crippen molar-refractivity contribution in [3.05, 3.63) is 141 Å². The minimum absolute atomic E-state index is 0.0878. The van der Waals surface area contributed by atoms with E-state index in [0.717, 1.165) is 72.8 Å². The van der Waals surface area contributed by atoms with Crippen LogP contribution in [0.25, 0.3) is 0 Å². The van der Waals surface area contributed by atoms with Crippen LogP contribution in [0.15, 0.2) is 84.9 Å². The first kappa shape index (κ1) is 80.7. The van der Waals surface area contributed by atoms with Gasteiger partial charge in [0.15, 0.2) is 17.2 Å². The summed E-state index contributed by atoms with van der Waals surface area (Å²) < 4.78 is 0. The first-order chi connectivity index (χ1) is 45.0. The summed E-state index contributed by atoms with van der Waals surface area (Å²) in [4.78, 5) is 82.8. The normalized spacial score (nSPS) is 9.73. The molecule has 40 heteroatoms. The highest BCUT2D eigenvalue weighted by Gasteiger charge is 2.18. The summed E-state index contributed by atoms with van der Waals surface area (Å²) in [7, 11) is 0. The number of carboxylic acids is 8. The van der Waals surface area contributed by atoms with Crippen LogP contribution in [-0.4, -0.2) is 170 Å². The fraction of sp³-hybridized carbons (Fsp3) is 0.0345. The monoisotopic (exact) mass is 1380 g/mol. The van der Waals surface area contributed by atoms with Crippen LogP contribution >= 0.6 is 0 Å². The number of hydrogen-bond acceptors (Lipinski definition) is 32. The van der Waals surface area contributed by atoms with E-state index in [1.165, 1.54) is 13.8 Å². The van der Waals surface area contributed by atoms with Crippen LogP contribution in [-0.2, 0) is 0 Å². The van der Waals surface area contributed by atoms with Gasteiger partial charge in [-0.15, -0.1) is 0 Å². The van der Waals surface area contributed by atoms with Gasteiger partial charge in [-0.05, 0) is 103 Å². The maximum Gasteiger partial charge on any atom is 0.339 e. The van der Waals surface area contributed by atoms with Crippen molar-refractivity contribution in [3.8, 4) is 138 Å². The third-order valence-corrected chi connectivity index (χ3v) is 11.2. The Morgan fingerprint density at radius 3 is 1.08 bits per heavy atom. The molecule has 0 aliphatic carbocycles. The summed E-state index contributed by atoms with van der Waals surface area (Å²) in [5.74, 6) is -29.7. The lowest BCUT2D eigenvalue weighted by atomic mass is 10.1. The molecular weight excluding hydrogens is 1340 g/mol. The molecule has 0 atom stereocenters. The zero-order valence-corrected chi connectivity index (χ0v) is 48.3. The lowest BCUT2D eigenvalue weighted by molar-refractivity contribution is -0.272. The molecule has 0 bridgehead atoms. The molecule has 98 heavy (non-hydrogen) atoms. The Morgan fingerprint density at radius 2 is 0.633 bits per heavy atom. The quantitative estimate of drug-likeness (QED) is 0.0678. The van der Waals surface area contributed by atoms with Gasteiger partial charge in [0.05, 0.1) is 38.9 Å². The number of hydrogen-bond donors (Lipinski definition) is 24. The van der Waals surface area contributed by atoms with Crippen LogP contribution in [0.3, 0.4) is 0 Å². The van der Waals surface area contributed by atoms with E-state index in [2.05, 4.69) is 0 Å². The number of aromatic carboxylic acids is 8. The summed E-state index contributed by atoms with van der Waals surface area (Å²) in [6, 6.07) is 11.3. The second kappa shape index (κ2) is 34.2. The standard InChI is InChI=1S/2C8H8O5.6C7H6O5/c1-3-6(8(12)13)4(9)2-5(10)7(3)11;1-3-4(9)2-5(10)6(7(3)11)8(12)13;8-4-2-6(10)5(9)1-3(4)7(11)12;8-3-1-4(9)6(7(11)12)5(10)2-3;8-3-1-4(7(11)12)6(10)5(9)2-3;8-4-1-3(7(11)12)2-5(9)6(4)10;8-3-1-2-4(9)6(10)5(3)7(11)12;8-4-2-1-3(7(11)12)5(9)6(4)10/h2*2,9-11H,1H3,(H,12,13);6*1-2,8-10H,(H,11,12)/p-8. The summed E-state index contributed by atoms with van der Waals surface area (Å²) in [5, 5.41) is 296. The zero-order valence-electron chi connectivity index (χ0n) is 48.3. The minimum Gasteiger partial charge on any atom is -0.872 e. The maximum atomic E-state index is 11.2. The molecule has 0 unspecified atom stereocenters. The van der Waals surface area contributed by atoms with Gasteiger partial charge in [-0.2, -0.15) is 0 Å². The fourth-order valence-corrected chi connectivity index (χ4v) is 6.47. The van der Waals surface area contributed by atoms with Gasteiger partial charge in [0.2, 0.25) is 0 Å². The van der Waals surface area contributed by atoms with Gasteiger partial charge in [0.1, 0.15) is 80.3 Å². The summed E-state index contributed by atoms with van der Waals surface area (Å²) in [5.41, 5.74) is -5.09. The van der Waals surface area contributed by atoms with Crippen molar-refractivity contribution < 1.29 is 202 Å². The number of rotatable bonds is 8. The lowest BCUT2D eigenvalue weighted by Gasteiger charge is -2.16. The Labute approximate surface area is 540 Å². The minimum atomic E-state index is -1.56. The summed E-state index contributed by atoms with van der Waals surface area (Å²) in [6.07, 6.45) is 0. The number of benzene rings is 8. The van der Waals surface area contributed by atoms with Crippen molar-refractivity contribution in [1.82, 2.24) is 0 Å². The Kier molecular flexibility index (Phi) is 28.2. The Balaban J connectivity index is 0.000000560. The van der Waals surface area contributed by atoms with Crippen LogP contribution in [0.1, 0.15) is 94.0 Å². The molecule has 0 saturated heterocycles. The second-order valence-electron chi connectivity index (χ2n) is 17.9. The van der Waals surface area contributed by atoms with E-state index in [4.69, 9.17) is 123 Å². The number of phenols is 16. The molecule has 8 rings (SSSR count). The summed E-state index contributed by atoms with van der Waals surface area (Å²) in [6.45, 7) is 2.51. The van der Waals surface area contributed by atoms with Crippen LogP contribution in [0, 0.1) is 13.8 Å². The van der Waals surface area contributed by atoms with Crippen molar-refractivity contribution in [1.29, 1.82) is 0 Å². The molecule has 0 aliphatic rings. The van der Waals surface area contributed by atoms with Crippen LogP contribution in [0.5, 0.6) is 138 Å². The molecule has 0 saturated carbocycles. The van der Waals surface area contributed by atoms with E-state index >= 15 is 0 Å². The largest absolute Gasteiger partial charge is 0.872 e. The Hall–Kier alpha value is -15.3. The van der Waals surface area contributed by atoms with E-state index in [-0.39, 0.29) is 16.7 Å². The lowest BCUT2D eigenvalue weighted by Crippen LogP contribution is -2.06. The van der Waals surface area contributed by atoms with Gasteiger partial charge >= 0.3 is 47.8 Å². The average molecular weight is 1380 g/mol. The zero-order chi connectivity index (χ0) is 76.1. The van der Waals surface area contributed by atoms with Crippen molar-refractivity contribution >= 4 is 47.8 Å². The molecule has 8 aromatic rings. The van der Waals surface area contributed by atoms with Gasteiger partial charge in [-0.1, -0.05) is 28.7 Å². The van der Waals surface area contributed by atoms with Crippen LogP contribution < -0.4 is 40.9 Å². The van der Waals surface area contributed by atoms with Gasteiger partial charge in [-0.3, -0.25) is 0 Å². The molecule has 0 amide bonds. The molecule has 0 radical (unpaired) electrons. The Bertz CT molecular complexity index is 4250. The molecule has 0 fully saturated rings. The van der Waals surface area contributed by atoms with E-state index in [1.807, 2.05) is 0 Å². The highest BCUT2D eigenvalue weighted by atomic mass is 16.4. The molecule has 0 aliphatic heterocycles. The van der Waals surface area contributed by atoms with Gasteiger partial charge < -0.3 is 163 Å². The van der Waals surface area contributed by atoms with E-state index in [0.29, 0.717) is 12.1 Å². The molecular formula is C58H44O40-8. The summed E-state index contributed by atoms with van der Waals surface area (Å²) >= 11 is 0. The molecule has 524 valence electrons. The number of carbonyl (C=O) groups is 8. The number of carboxylic acid groups (broad SMARTS) is 8. The van der Waals surface area contributed by atoms with Crippen molar-refractivity contribution in [3.63, 3.8) is 0 Å². The van der Waals surface area contributed by atoms with Crippen LogP contribution in [0.2, 0.25) is 0 Å². The van der Waals surface area contributed by atoms with Crippen molar-refractivity contribution in [2.75, 3.05) is 0 Å². The third-order valence-electron chi connectivity index (χ3n) is 11.2. The SMILES string of the molecule is Cc1c(O)cc(O)c(C(=O)O)c1[O-].Cc1c([O-])c(O)cc(O)c1C(=O)O.O=C(O)c1c(O)ccc(O)c1[O-].O=C(O)c1c([O-])cc(O)cc1O.O=C(O)c1cc(O)c(O)cc1[O-].O=C(O)c1cc(O)c([O-])c(O)c1.O=C(O)c1cc(O)cc(O)c1[O-].O=C(O)c1ccc(O)c(O)c1[O-]. The first-order valence-electron chi connectivity index (χ1n) is 24.7. The molecule has 8 aromatic carbocycles. The highest BCUT2D eigenvalue weighted by Crippen LogP contribution is 2.39. The second-order valence-corrected chi connectivity index (χ2v) is 17.9. The van der Waals surface area contributed by atoms with E-state index < -0.39 is 225 Å². The number of aromatic hydroxyl groups is 16. The van der Waals surface area contributed by atoms with Crippen molar-refractivity contribution in [2.24, 2.45) is 0 Å². The van der Waals surface area contributed by atoms with Gasteiger partial charge in [-0.25, -0.2) is 38.4 Å².